The third-order valence-corrected chi connectivity index (χ3v) is 14.6. The van der Waals surface area contributed by atoms with Crippen LogP contribution in [0, 0.1) is 0 Å². The molecule has 0 N–H and O–H groups in total. The molecule has 0 atom stereocenters. The molecular weight excluding hydrogens is 799 g/mol. The molecule has 0 saturated carbocycles. The maximum Gasteiger partial charge on any atom is 0.0467 e. The van der Waals surface area contributed by atoms with Gasteiger partial charge in [0.2, 0.25) is 0 Å². The van der Waals surface area contributed by atoms with Crippen LogP contribution in [0.5, 0.6) is 0 Å². The number of benzene rings is 10. The van der Waals surface area contributed by atoms with Gasteiger partial charge in [0.15, 0.2) is 0 Å². The van der Waals surface area contributed by atoms with Crippen LogP contribution in [0.3, 0.4) is 0 Å². The Morgan fingerprint density at radius 1 is 0.254 bits per heavy atom. The first-order valence-electron chi connectivity index (χ1n) is 21.4. The van der Waals surface area contributed by atoms with Gasteiger partial charge in [-0.1, -0.05) is 182 Å². The zero-order valence-electron chi connectivity index (χ0n) is 34.3. The summed E-state index contributed by atoms with van der Waals surface area (Å²) >= 11 is 3.81. The lowest BCUT2D eigenvalue weighted by molar-refractivity contribution is 1.28. The van der Waals surface area contributed by atoms with Crippen molar-refractivity contribution in [2.75, 3.05) is 4.90 Å². The Labute approximate surface area is 375 Å². The fourth-order valence-corrected chi connectivity index (χ4v) is 11.6. The summed E-state index contributed by atoms with van der Waals surface area (Å²) in [5.41, 5.74) is 15.4. The van der Waals surface area contributed by atoms with Gasteiger partial charge < -0.3 is 4.90 Å². The number of rotatable bonds is 8. The molecule has 3 heteroatoms. The molecule has 2 heterocycles. The van der Waals surface area contributed by atoms with Crippen molar-refractivity contribution in [1.29, 1.82) is 0 Å². The smallest absolute Gasteiger partial charge is 0.0467 e. The molecule has 0 radical (unpaired) electrons. The van der Waals surface area contributed by atoms with Crippen LogP contribution in [0.25, 0.3) is 96.0 Å². The normalized spacial score (nSPS) is 11.5. The molecule has 0 bridgehead atoms. The highest BCUT2D eigenvalue weighted by Crippen LogP contribution is 2.48. The fraction of sp³-hybridized carbons (Fsp3) is 0. The van der Waals surface area contributed by atoms with E-state index in [4.69, 9.17) is 0 Å². The summed E-state index contributed by atoms with van der Waals surface area (Å²) < 4.78 is 5.35. The summed E-state index contributed by atoms with van der Waals surface area (Å²) in [5.74, 6) is 0. The minimum atomic E-state index is 1.10. The van der Waals surface area contributed by atoms with Crippen molar-refractivity contribution >= 4 is 80.1 Å². The highest BCUT2D eigenvalue weighted by atomic mass is 32.1. The van der Waals surface area contributed by atoms with Gasteiger partial charge in [-0.2, -0.15) is 0 Å². The van der Waals surface area contributed by atoms with E-state index < -0.39 is 0 Å². The van der Waals surface area contributed by atoms with Crippen molar-refractivity contribution in [2.45, 2.75) is 0 Å². The molecule has 12 aromatic rings. The molecule has 0 unspecified atom stereocenters. The minimum Gasteiger partial charge on any atom is -0.310 e. The van der Waals surface area contributed by atoms with Crippen LogP contribution < -0.4 is 4.90 Å². The Kier molecular flexibility index (Phi) is 9.29. The highest BCUT2D eigenvalue weighted by Gasteiger charge is 2.19. The van der Waals surface area contributed by atoms with Gasteiger partial charge in [-0.25, -0.2) is 0 Å². The third-order valence-electron chi connectivity index (χ3n) is 12.3. The van der Waals surface area contributed by atoms with Gasteiger partial charge in [-0.15, -0.1) is 22.7 Å². The number of hydrogen-bond donors (Lipinski definition) is 0. The highest BCUT2D eigenvalue weighted by molar-refractivity contribution is 7.29. The predicted molar refractivity (Wildman–Crippen MR) is 274 cm³/mol. The van der Waals surface area contributed by atoms with E-state index in [2.05, 4.69) is 241 Å². The van der Waals surface area contributed by atoms with Crippen LogP contribution in [0.15, 0.2) is 237 Å². The minimum absolute atomic E-state index is 1.10. The molecule has 0 fully saturated rings. The van der Waals surface area contributed by atoms with Crippen LogP contribution in [0.4, 0.5) is 17.1 Å². The van der Waals surface area contributed by atoms with Gasteiger partial charge in [0.05, 0.1) is 0 Å². The van der Waals surface area contributed by atoms with Gasteiger partial charge >= 0.3 is 0 Å². The van der Waals surface area contributed by atoms with E-state index >= 15 is 0 Å². The summed E-state index contributed by atoms with van der Waals surface area (Å²) in [7, 11) is 0. The molecule has 12 rings (SSSR count). The lowest BCUT2D eigenvalue weighted by atomic mass is 9.97. The first-order chi connectivity index (χ1) is 31.2. The molecule has 63 heavy (non-hydrogen) atoms. The number of nitrogens with zero attached hydrogens (tertiary/aromatic N) is 1. The molecule has 2 aromatic heterocycles. The van der Waals surface area contributed by atoms with Gasteiger partial charge in [0.25, 0.3) is 0 Å². The van der Waals surface area contributed by atoms with E-state index in [1.807, 2.05) is 22.7 Å². The number of hydrogen-bond acceptors (Lipinski definition) is 3. The monoisotopic (exact) mass is 837 g/mol. The van der Waals surface area contributed by atoms with E-state index in [1.165, 1.54) is 96.0 Å². The van der Waals surface area contributed by atoms with E-state index in [0.29, 0.717) is 0 Å². The largest absolute Gasteiger partial charge is 0.310 e. The second-order valence-corrected chi connectivity index (χ2v) is 18.2. The van der Waals surface area contributed by atoms with Gasteiger partial charge in [0, 0.05) is 57.4 Å². The molecule has 0 saturated heterocycles. The Morgan fingerprint density at radius 2 is 0.698 bits per heavy atom. The van der Waals surface area contributed by atoms with Crippen LogP contribution in [0.2, 0.25) is 0 Å². The molecule has 10 aromatic carbocycles. The zero-order chi connectivity index (χ0) is 41.7. The Morgan fingerprint density at radius 3 is 1.27 bits per heavy atom. The summed E-state index contributed by atoms with van der Waals surface area (Å²) in [6.07, 6.45) is 0. The molecule has 0 spiro atoms. The second-order valence-electron chi connectivity index (χ2n) is 16.1. The molecule has 0 aliphatic rings. The van der Waals surface area contributed by atoms with E-state index in [1.54, 1.807) is 0 Å². The summed E-state index contributed by atoms with van der Waals surface area (Å²) in [5, 5.41) is 5.37. The standard InChI is InChI=1S/C60H39NS2/c1-3-11-40(12-4-1)42-21-25-44(26-22-42)46-29-33-49(34-30-46)61(50-35-31-47(32-36-50)45-27-23-43(24-28-45)41-13-5-2-6-14-41)51-16-9-15-48(39-51)52-18-10-20-56-58(52)59-57(62-56)38-37-54-53-17-7-8-19-55(53)63-60(54)59/h1-39H. The summed E-state index contributed by atoms with van der Waals surface area (Å²) in [4.78, 5) is 2.39. The van der Waals surface area contributed by atoms with Crippen molar-refractivity contribution in [3.63, 3.8) is 0 Å². The SMILES string of the molecule is c1ccc(-c2ccc(-c3ccc(N(c4ccc(-c5ccc(-c6ccccc6)cc5)cc4)c4cccc(-c5cccc6sc7ccc8c9ccccc9sc8c7c56)c4)cc3)cc2)cc1. The number of thiophene rings is 2. The molecule has 0 amide bonds. The Bertz CT molecular complexity index is 3440. The number of anilines is 3. The molecule has 0 aliphatic heterocycles. The average molecular weight is 838 g/mol. The Balaban J connectivity index is 0.950. The van der Waals surface area contributed by atoms with Crippen molar-refractivity contribution < 1.29 is 0 Å². The quantitative estimate of drug-likeness (QED) is 0.147. The van der Waals surface area contributed by atoms with E-state index in [0.717, 1.165) is 17.1 Å². The second kappa shape index (κ2) is 15.7. The first kappa shape index (κ1) is 37.2. The summed E-state index contributed by atoms with van der Waals surface area (Å²) in [6, 6.07) is 86.3. The van der Waals surface area contributed by atoms with Crippen LogP contribution >= 0.6 is 22.7 Å². The van der Waals surface area contributed by atoms with Crippen molar-refractivity contribution in [2.24, 2.45) is 0 Å². The van der Waals surface area contributed by atoms with Crippen LogP contribution in [-0.4, -0.2) is 0 Å². The fourth-order valence-electron chi connectivity index (χ4n) is 9.16. The van der Waals surface area contributed by atoms with Crippen molar-refractivity contribution in [1.82, 2.24) is 0 Å². The predicted octanol–water partition coefficient (Wildman–Crippen LogP) is 18.2. The average Bonchev–Trinajstić information content (AvgIpc) is 3.94. The molecule has 1 nitrogen and oxygen atoms in total. The van der Waals surface area contributed by atoms with Crippen LogP contribution in [-0.2, 0) is 0 Å². The molecule has 0 aliphatic carbocycles. The van der Waals surface area contributed by atoms with Gasteiger partial charge in [0.1, 0.15) is 0 Å². The number of fused-ring (bicyclic) bond motifs is 7. The van der Waals surface area contributed by atoms with Crippen molar-refractivity contribution in [3.05, 3.63) is 237 Å². The Hall–Kier alpha value is -7.56. The lowest BCUT2D eigenvalue weighted by Gasteiger charge is -2.26. The first-order valence-corrected chi connectivity index (χ1v) is 23.0. The van der Waals surface area contributed by atoms with E-state index in [-0.39, 0.29) is 0 Å². The summed E-state index contributed by atoms with van der Waals surface area (Å²) in [6.45, 7) is 0. The zero-order valence-corrected chi connectivity index (χ0v) is 35.9. The van der Waals surface area contributed by atoms with Gasteiger partial charge in [-0.3, -0.25) is 0 Å². The lowest BCUT2D eigenvalue weighted by Crippen LogP contribution is -2.10. The van der Waals surface area contributed by atoms with E-state index in [9.17, 15) is 0 Å². The van der Waals surface area contributed by atoms with Crippen LogP contribution in [0.1, 0.15) is 0 Å². The van der Waals surface area contributed by atoms with Gasteiger partial charge in [-0.05, 0) is 110 Å². The maximum absolute atomic E-state index is 2.39. The third kappa shape index (κ3) is 6.79. The molecule has 296 valence electrons. The molecular formula is C60H39NS2. The topological polar surface area (TPSA) is 3.24 Å². The maximum atomic E-state index is 2.39. The van der Waals surface area contributed by atoms with Crippen molar-refractivity contribution in [3.8, 4) is 55.6 Å².